The fraction of sp³-hybridized carbons (Fsp3) is 0.250. The molecule has 0 amide bonds. The highest BCUT2D eigenvalue weighted by Gasteiger charge is 2.09. The molecule has 0 spiro atoms. The summed E-state index contributed by atoms with van der Waals surface area (Å²) < 4.78 is 0. The Kier molecular flexibility index (Phi) is 7.35. The molecule has 0 fully saturated rings. The summed E-state index contributed by atoms with van der Waals surface area (Å²) in [6.07, 6.45) is 0.975. The van der Waals surface area contributed by atoms with Gasteiger partial charge in [-0.1, -0.05) is 36.4 Å². The van der Waals surface area contributed by atoms with Crippen LogP contribution in [0, 0.1) is 5.41 Å². The minimum Gasteiger partial charge on any atom is -0.480 e. The number of carbonyl (C=O) groups is 1. The zero-order valence-electron chi connectivity index (χ0n) is 12.8. The van der Waals surface area contributed by atoms with Gasteiger partial charge in [-0.25, -0.2) is 0 Å². The van der Waals surface area contributed by atoms with Crippen LogP contribution in [0.5, 0.6) is 0 Å². The Morgan fingerprint density at radius 2 is 1.87 bits per heavy atom. The van der Waals surface area contributed by atoms with Crippen molar-refractivity contribution < 1.29 is 9.90 Å². The second-order valence-electron chi connectivity index (χ2n) is 5.00. The summed E-state index contributed by atoms with van der Waals surface area (Å²) in [5, 5.41) is 20.0. The van der Waals surface area contributed by atoms with Gasteiger partial charge in [0.1, 0.15) is 6.04 Å². The highest BCUT2D eigenvalue weighted by atomic mass is 16.4. The summed E-state index contributed by atoms with van der Waals surface area (Å²) >= 11 is 0. The van der Waals surface area contributed by atoms with Crippen molar-refractivity contribution in [2.75, 3.05) is 12.3 Å². The third-order valence-corrected chi connectivity index (χ3v) is 3.15. The monoisotopic (exact) mass is 317 g/mol. The molecule has 0 aliphatic rings. The first-order chi connectivity index (χ1) is 10.9. The zero-order valence-corrected chi connectivity index (χ0v) is 12.8. The number of carboxylic acid groups (broad SMARTS) is 1. The molecule has 7 heteroatoms. The van der Waals surface area contributed by atoms with Crippen LogP contribution in [0.25, 0.3) is 10.8 Å². The number of nitrogen functional groups attached to an aromatic ring is 1. The SMILES string of the molecule is N=C(N)NCCC[C@H](N)C(=O)O.Nc1cccc2ccccc12. The normalized spacial score (nSPS) is 11.2. The Hall–Kier alpha value is -2.80. The van der Waals surface area contributed by atoms with E-state index in [1.807, 2.05) is 30.3 Å². The van der Waals surface area contributed by atoms with Crippen molar-refractivity contribution >= 4 is 28.4 Å². The maximum Gasteiger partial charge on any atom is 0.320 e. The summed E-state index contributed by atoms with van der Waals surface area (Å²) in [6.45, 7) is 0.482. The number of hydrogen-bond acceptors (Lipinski definition) is 4. The Balaban J connectivity index is 0.000000230. The lowest BCUT2D eigenvalue weighted by Gasteiger charge is -2.06. The lowest BCUT2D eigenvalue weighted by atomic mass is 10.1. The van der Waals surface area contributed by atoms with E-state index < -0.39 is 12.0 Å². The maximum absolute atomic E-state index is 10.2. The van der Waals surface area contributed by atoms with E-state index in [2.05, 4.69) is 17.4 Å². The first-order valence-electron chi connectivity index (χ1n) is 7.21. The lowest BCUT2D eigenvalue weighted by Crippen LogP contribution is -2.34. The number of carboxylic acids is 1. The number of hydrogen-bond donors (Lipinski definition) is 6. The summed E-state index contributed by atoms with van der Waals surface area (Å²) in [4.78, 5) is 10.2. The van der Waals surface area contributed by atoms with Crippen LogP contribution in [0.3, 0.4) is 0 Å². The van der Waals surface area contributed by atoms with Gasteiger partial charge in [0.15, 0.2) is 5.96 Å². The molecule has 0 heterocycles. The van der Waals surface area contributed by atoms with Crippen molar-refractivity contribution in [2.45, 2.75) is 18.9 Å². The quantitative estimate of drug-likeness (QED) is 0.210. The van der Waals surface area contributed by atoms with Crippen LogP contribution in [0.4, 0.5) is 5.69 Å². The van der Waals surface area contributed by atoms with Gasteiger partial charge in [-0.2, -0.15) is 0 Å². The molecular weight excluding hydrogens is 294 g/mol. The van der Waals surface area contributed by atoms with Crippen LogP contribution in [0.1, 0.15) is 12.8 Å². The van der Waals surface area contributed by atoms with Crippen LogP contribution in [-0.4, -0.2) is 29.6 Å². The van der Waals surface area contributed by atoms with E-state index in [9.17, 15) is 4.79 Å². The Morgan fingerprint density at radius 1 is 1.22 bits per heavy atom. The molecule has 0 radical (unpaired) electrons. The van der Waals surface area contributed by atoms with Crippen LogP contribution >= 0.6 is 0 Å². The summed E-state index contributed by atoms with van der Waals surface area (Å²) in [5.41, 5.74) is 16.8. The van der Waals surface area contributed by atoms with Gasteiger partial charge < -0.3 is 27.6 Å². The van der Waals surface area contributed by atoms with E-state index in [1.165, 1.54) is 5.39 Å². The molecule has 7 nitrogen and oxygen atoms in total. The first-order valence-corrected chi connectivity index (χ1v) is 7.21. The Labute approximate surface area is 135 Å². The van der Waals surface area contributed by atoms with Gasteiger partial charge in [0, 0.05) is 17.6 Å². The van der Waals surface area contributed by atoms with E-state index >= 15 is 0 Å². The van der Waals surface area contributed by atoms with Crippen LogP contribution in [0.2, 0.25) is 0 Å². The number of benzene rings is 2. The fourth-order valence-electron chi connectivity index (χ4n) is 1.92. The van der Waals surface area contributed by atoms with Crippen LogP contribution < -0.4 is 22.5 Å². The van der Waals surface area contributed by atoms with Crippen molar-refractivity contribution in [3.8, 4) is 0 Å². The molecule has 23 heavy (non-hydrogen) atoms. The van der Waals surface area contributed by atoms with E-state index in [0.717, 1.165) is 11.1 Å². The molecular formula is C16H23N5O2. The molecule has 0 saturated heterocycles. The average molecular weight is 317 g/mol. The average Bonchev–Trinajstić information content (AvgIpc) is 2.52. The molecule has 2 aromatic carbocycles. The van der Waals surface area contributed by atoms with Crippen molar-refractivity contribution in [2.24, 2.45) is 11.5 Å². The lowest BCUT2D eigenvalue weighted by molar-refractivity contribution is -0.138. The third kappa shape index (κ3) is 6.66. The second-order valence-corrected chi connectivity index (χ2v) is 5.00. The van der Waals surface area contributed by atoms with Gasteiger partial charge in [0.25, 0.3) is 0 Å². The van der Waals surface area contributed by atoms with E-state index in [0.29, 0.717) is 19.4 Å². The Morgan fingerprint density at radius 3 is 2.48 bits per heavy atom. The van der Waals surface area contributed by atoms with Crippen LogP contribution in [0.15, 0.2) is 42.5 Å². The van der Waals surface area contributed by atoms with Gasteiger partial charge in [-0.3, -0.25) is 10.2 Å². The minimum absolute atomic E-state index is 0.112. The predicted molar refractivity (Wildman–Crippen MR) is 93.1 cm³/mol. The third-order valence-electron chi connectivity index (χ3n) is 3.15. The maximum atomic E-state index is 10.2. The zero-order chi connectivity index (χ0) is 17.2. The molecule has 2 rings (SSSR count). The van der Waals surface area contributed by atoms with E-state index in [4.69, 9.17) is 27.7 Å². The summed E-state index contributed by atoms with van der Waals surface area (Å²) in [6, 6.07) is 13.2. The number of fused-ring (bicyclic) bond motifs is 1. The molecule has 0 bridgehead atoms. The number of nitrogens with one attached hydrogen (secondary N) is 2. The van der Waals surface area contributed by atoms with Gasteiger partial charge in [0.05, 0.1) is 0 Å². The first kappa shape index (κ1) is 18.2. The predicted octanol–water partition coefficient (Wildman–Crippen LogP) is 1.08. The minimum atomic E-state index is -1.00. The highest BCUT2D eigenvalue weighted by Crippen LogP contribution is 2.19. The van der Waals surface area contributed by atoms with Crippen molar-refractivity contribution in [3.05, 3.63) is 42.5 Å². The van der Waals surface area contributed by atoms with Gasteiger partial charge in [-0.15, -0.1) is 0 Å². The number of rotatable bonds is 5. The van der Waals surface area contributed by atoms with Crippen LogP contribution in [-0.2, 0) is 4.79 Å². The molecule has 0 aliphatic heterocycles. The molecule has 0 unspecified atom stereocenters. The van der Waals surface area contributed by atoms with Gasteiger partial charge in [0.2, 0.25) is 0 Å². The second kappa shape index (κ2) is 9.26. The fourth-order valence-corrected chi connectivity index (χ4v) is 1.92. The molecule has 2 aromatic rings. The summed E-state index contributed by atoms with van der Waals surface area (Å²) in [5.74, 6) is -1.11. The van der Waals surface area contributed by atoms with Gasteiger partial charge >= 0.3 is 5.97 Å². The van der Waals surface area contributed by atoms with Gasteiger partial charge in [-0.05, 0) is 24.3 Å². The number of aliphatic carboxylic acids is 1. The van der Waals surface area contributed by atoms with Crippen molar-refractivity contribution in [1.29, 1.82) is 5.41 Å². The molecule has 124 valence electrons. The topological polar surface area (TPSA) is 151 Å². The molecule has 1 atom stereocenters. The molecule has 9 N–H and O–H groups in total. The largest absolute Gasteiger partial charge is 0.480 e. The number of guanidine groups is 1. The summed E-state index contributed by atoms with van der Waals surface area (Å²) in [7, 11) is 0. The van der Waals surface area contributed by atoms with E-state index in [-0.39, 0.29) is 5.96 Å². The van der Waals surface area contributed by atoms with Crippen molar-refractivity contribution in [3.63, 3.8) is 0 Å². The molecule has 0 aromatic heterocycles. The standard InChI is InChI=1S/C10H9N.C6H14N4O2/c11-10-7-3-5-8-4-1-2-6-9(8)10;7-4(5(11)12)2-1-3-10-6(8)9/h1-7H,11H2;4H,1-3,7H2,(H,11,12)(H4,8,9,10)/t;4-/m.0/s1. The number of anilines is 1. The highest BCUT2D eigenvalue weighted by molar-refractivity contribution is 5.92. The Bertz CT molecular complexity index is 654. The smallest absolute Gasteiger partial charge is 0.320 e. The molecule has 0 aliphatic carbocycles. The molecule has 0 saturated carbocycles. The van der Waals surface area contributed by atoms with Crippen molar-refractivity contribution in [1.82, 2.24) is 5.32 Å². The van der Waals surface area contributed by atoms with E-state index in [1.54, 1.807) is 0 Å². The number of nitrogens with two attached hydrogens (primary N) is 3.